The predicted octanol–water partition coefficient (Wildman–Crippen LogP) is 11.6. The molecule has 4 atom stereocenters. The maximum atomic E-state index is 14.3. The molecule has 3 aliphatic carbocycles. The van der Waals surface area contributed by atoms with E-state index in [0.29, 0.717) is 79.1 Å². The molecule has 3 aliphatic heterocycles. The number of aliphatic hydroxyl groups is 2. The standard InChI is InChI=1S/C37H34N2O5.C36H33N3O5/c1-36(2)14-18(15-37(3,16-36)17-38)27-32(41)23-8-4-19-21-6-10-25-31-26(35(44)39(12-13-40)34(25)43)11-7-22(29(21)31)20-5-9-24(33(27)42)30(23)28(19)20;1-35(2)14-18(37)15-36(3,16-35)17-39-33(43)25-10-6-21-19-4-8-23-29-24(32(42)38(12-13-40)31(23)41)9-5-20(27(19)29)22-7-11-26(34(39)44)30(25)28(21)22/h4-11,18,27,40H,12-17,38H2,1-3H3;4-11,18,40H,12-17,37H2,1-3H3. The van der Waals surface area contributed by atoms with Crippen LogP contribution in [-0.4, -0.2) is 117 Å². The SMILES string of the molecule is CC1(C)CC(C2C(=O)c3ccc4c5ccc6c7c(ccc(c8ccc(c3c48)C2=O)c75)C(=O)N(CCO)C6=O)CC(C)(CN)C1.CC1(C)CC(N)CC(C)(CN2C(=O)c3ccc4c5ccc6c7c(ccc(c8ccc(c3c48)C2=O)c75)C(=O)N(CCO)C6=O)C1. The van der Waals surface area contributed by atoms with Crippen LogP contribution >= 0.6 is 0 Å². The summed E-state index contributed by atoms with van der Waals surface area (Å²) < 4.78 is 0. The summed E-state index contributed by atoms with van der Waals surface area (Å²) in [5.74, 6) is -3.30. The zero-order valence-electron chi connectivity index (χ0n) is 50.1. The van der Waals surface area contributed by atoms with Crippen molar-refractivity contribution in [2.24, 2.45) is 45.0 Å². The Morgan fingerprint density at radius 1 is 0.386 bits per heavy atom. The minimum absolute atomic E-state index is 0.0184. The summed E-state index contributed by atoms with van der Waals surface area (Å²) in [4.78, 5) is 114. The number of nitrogens with zero attached hydrogens (tertiary/aromatic N) is 3. The van der Waals surface area contributed by atoms with Crippen molar-refractivity contribution < 1.29 is 48.6 Å². The van der Waals surface area contributed by atoms with Gasteiger partial charge in [-0.2, -0.15) is 0 Å². The second-order valence-corrected chi connectivity index (χ2v) is 28.5. The van der Waals surface area contributed by atoms with E-state index in [9.17, 15) is 48.6 Å². The third kappa shape index (κ3) is 7.75. The van der Waals surface area contributed by atoms with Crippen molar-refractivity contribution in [2.75, 3.05) is 39.4 Å². The van der Waals surface area contributed by atoms with Crippen molar-refractivity contribution in [1.29, 1.82) is 0 Å². The first-order valence-electron chi connectivity index (χ1n) is 30.7. The zero-order valence-corrected chi connectivity index (χ0v) is 50.1. The van der Waals surface area contributed by atoms with E-state index in [4.69, 9.17) is 11.5 Å². The van der Waals surface area contributed by atoms with Crippen LogP contribution in [0, 0.1) is 33.5 Å². The van der Waals surface area contributed by atoms with Gasteiger partial charge in [0.15, 0.2) is 11.6 Å². The highest BCUT2D eigenvalue weighted by Gasteiger charge is 2.50. The number of nitrogens with two attached hydrogens (primary N) is 2. The summed E-state index contributed by atoms with van der Waals surface area (Å²) in [7, 11) is 0. The van der Waals surface area contributed by atoms with Crippen LogP contribution in [0.15, 0.2) is 97.1 Å². The Balaban J connectivity index is 0.000000148. The minimum atomic E-state index is -0.728. The molecule has 2 fully saturated rings. The fourth-order valence-corrected chi connectivity index (χ4v) is 18.4. The first kappa shape index (κ1) is 55.9. The highest BCUT2D eigenvalue weighted by molar-refractivity contribution is 6.44. The lowest BCUT2D eigenvalue weighted by Crippen LogP contribution is -2.51. The monoisotopic (exact) mass is 1170 g/mol. The van der Waals surface area contributed by atoms with E-state index in [1.807, 2.05) is 72.8 Å². The second kappa shape index (κ2) is 19.0. The van der Waals surface area contributed by atoms with E-state index in [0.717, 1.165) is 113 Å². The summed E-state index contributed by atoms with van der Waals surface area (Å²) in [6.07, 6.45) is 5.05. The van der Waals surface area contributed by atoms with E-state index in [-0.39, 0.29) is 83.3 Å². The molecule has 15 nitrogen and oxygen atoms in total. The molecule has 6 amide bonds. The number of Topliss-reactive ketones (excluding diaryl/α,β-unsaturated/α-hetero) is 2. The molecule has 4 unspecified atom stereocenters. The van der Waals surface area contributed by atoms with Crippen LogP contribution in [-0.2, 0) is 0 Å². The number of aliphatic hydroxyl groups excluding tert-OH is 2. The molecule has 0 spiro atoms. The molecule has 0 saturated heterocycles. The van der Waals surface area contributed by atoms with Gasteiger partial charge >= 0.3 is 0 Å². The van der Waals surface area contributed by atoms with Gasteiger partial charge in [0.1, 0.15) is 0 Å². The first-order valence-corrected chi connectivity index (χ1v) is 30.7. The normalized spacial score (nSPS) is 23.5. The first-order chi connectivity index (χ1) is 41.9. The summed E-state index contributed by atoms with van der Waals surface area (Å²) >= 11 is 0. The van der Waals surface area contributed by atoms with Gasteiger partial charge in [0, 0.05) is 78.6 Å². The molecule has 15 heteroatoms. The number of hydrogen-bond acceptors (Lipinski definition) is 12. The molecule has 88 heavy (non-hydrogen) atoms. The van der Waals surface area contributed by atoms with Crippen molar-refractivity contribution >= 4 is 133 Å². The summed E-state index contributed by atoms with van der Waals surface area (Å²) in [6.45, 7) is 13.2. The summed E-state index contributed by atoms with van der Waals surface area (Å²) in [5.41, 5.74) is 16.1. The van der Waals surface area contributed by atoms with Crippen molar-refractivity contribution in [3.05, 3.63) is 142 Å². The maximum absolute atomic E-state index is 14.3. The molecular formula is C73H67N5O10. The molecule has 0 radical (unpaired) electrons. The number of imide groups is 3. The van der Waals surface area contributed by atoms with Crippen LogP contribution in [0.4, 0.5) is 0 Å². The van der Waals surface area contributed by atoms with Crippen LogP contribution in [0.25, 0.3) is 86.2 Å². The van der Waals surface area contributed by atoms with E-state index in [1.165, 1.54) is 4.90 Å². The molecule has 6 aliphatic rings. The van der Waals surface area contributed by atoms with Crippen molar-refractivity contribution in [3.8, 4) is 0 Å². The number of amides is 6. The molecule has 0 aromatic heterocycles. The van der Waals surface area contributed by atoms with Crippen LogP contribution in [0.1, 0.15) is 163 Å². The van der Waals surface area contributed by atoms with Crippen LogP contribution in [0.3, 0.4) is 0 Å². The largest absolute Gasteiger partial charge is 0.395 e. The number of fused-ring (bicyclic) bond motifs is 4. The predicted molar refractivity (Wildman–Crippen MR) is 340 cm³/mol. The van der Waals surface area contributed by atoms with Gasteiger partial charge in [-0.15, -0.1) is 0 Å². The van der Waals surface area contributed by atoms with Gasteiger partial charge in [0.25, 0.3) is 35.4 Å². The fourth-order valence-electron chi connectivity index (χ4n) is 18.4. The summed E-state index contributed by atoms with van der Waals surface area (Å²) in [6, 6.07) is 29.7. The number of ketones is 2. The van der Waals surface area contributed by atoms with Crippen LogP contribution in [0.5, 0.6) is 0 Å². The zero-order chi connectivity index (χ0) is 61.7. The number of hydrogen-bond donors (Lipinski definition) is 4. The minimum Gasteiger partial charge on any atom is -0.395 e. The lowest BCUT2D eigenvalue weighted by molar-refractivity contribution is 0.0306. The highest BCUT2D eigenvalue weighted by atomic mass is 16.3. The lowest BCUT2D eigenvalue weighted by atomic mass is 9.56. The molecule has 3 heterocycles. The third-order valence-electron chi connectivity index (χ3n) is 20.9. The molecular weight excluding hydrogens is 1110 g/mol. The van der Waals surface area contributed by atoms with E-state index in [2.05, 4.69) is 41.5 Å². The maximum Gasteiger partial charge on any atom is 0.261 e. The average molecular weight is 1170 g/mol. The van der Waals surface area contributed by atoms with Gasteiger partial charge < -0.3 is 21.7 Å². The number of β-amino-alcohol motifs (C(OH)–C–C–N with tert-alkyl or cyclic N) is 2. The molecule has 2 saturated carbocycles. The Kier molecular flexibility index (Phi) is 12.1. The average Bonchev–Trinajstić information content (AvgIpc) is 0.726. The van der Waals surface area contributed by atoms with Gasteiger partial charge in [-0.25, -0.2) is 0 Å². The number of carbonyl (C=O) groups is 8. The van der Waals surface area contributed by atoms with Crippen molar-refractivity contribution in [2.45, 2.75) is 86.1 Å². The van der Waals surface area contributed by atoms with E-state index >= 15 is 0 Å². The second-order valence-electron chi connectivity index (χ2n) is 28.5. The van der Waals surface area contributed by atoms with Crippen LogP contribution < -0.4 is 11.5 Å². The third-order valence-corrected chi connectivity index (χ3v) is 20.9. The smallest absolute Gasteiger partial charge is 0.261 e. The Labute approximate surface area is 506 Å². The summed E-state index contributed by atoms with van der Waals surface area (Å²) in [5, 5.41) is 31.7. The topological polar surface area (TPSA) is 239 Å². The molecule has 444 valence electrons. The molecule has 10 aromatic rings. The van der Waals surface area contributed by atoms with Crippen LogP contribution in [0.2, 0.25) is 0 Å². The molecule has 0 bridgehead atoms. The fraction of sp³-hybridized carbons (Fsp3) is 0.342. The number of rotatable bonds is 8. The Hall–Kier alpha value is -8.60. The quantitative estimate of drug-likeness (QED) is 0.0481. The van der Waals surface area contributed by atoms with Gasteiger partial charge in [-0.1, -0.05) is 102 Å². The Morgan fingerprint density at radius 3 is 1.00 bits per heavy atom. The van der Waals surface area contributed by atoms with Crippen molar-refractivity contribution in [3.63, 3.8) is 0 Å². The number of carbonyl (C=O) groups excluding carboxylic acids is 8. The van der Waals surface area contributed by atoms with E-state index < -0.39 is 29.5 Å². The Morgan fingerprint density at radius 2 is 0.682 bits per heavy atom. The van der Waals surface area contributed by atoms with Gasteiger partial charge in [0.2, 0.25) is 0 Å². The van der Waals surface area contributed by atoms with E-state index in [1.54, 1.807) is 24.3 Å². The lowest BCUT2D eigenvalue weighted by Gasteiger charge is -2.48. The molecule has 6 N–H and O–H groups in total. The highest BCUT2D eigenvalue weighted by Crippen LogP contribution is 2.55. The van der Waals surface area contributed by atoms with Gasteiger partial charge in [0.05, 0.1) is 32.2 Å². The van der Waals surface area contributed by atoms with Gasteiger partial charge in [-0.05, 0) is 174 Å². The molecule has 10 aromatic carbocycles. The van der Waals surface area contributed by atoms with Gasteiger partial charge in [-0.3, -0.25) is 53.1 Å². The molecule has 16 rings (SSSR count). The van der Waals surface area contributed by atoms with Crippen molar-refractivity contribution in [1.82, 2.24) is 14.7 Å². The number of benzene rings is 10. The Bertz CT molecular complexity index is 4670.